The van der Waals surface area contributed by atoms with Crippen LogP contribution in [0.4, 0.5) is 10.1 Å². The van der Waals surface area contributed by atoms with Gasteiger partial charge in [0, 0.05) is 32.0 Å². The third-order valence-corrected chi connectivity index (χ3v) is 9.51. The summed E-state index contributed by atoms with van der Waals surface area (Å²) in [4.78, 5) is 29.3. The van der Waals surface area contributed by atoms with Gasteiger partial charge in [-0.15, -0.1) is 0 Å². The number of nitrogens with one attached hydrogen (secondary N) is 1. The van der Waals surface area contributed by atoms with Gasteiger partial charge in [0.2, 0.25) is 21.8 Å². The largest absolute Gasteiger partial charge is 0.352 e. The van der Waals surface area contributed by atoms with E-state index in [4.69, 9.17) is 23.2 Å². The van der Waals surface area contributed by atoms with Crippen LogP contribution < -0.4 is 9.62 Å². The number of nitrogens with zero attached hydrogens (tertiary/aromatic N) is 2. The summed E-state index contributed by atoms with van der Waals surface area (Å²) in [5.41, 5.74) is 1.92. The van der Waals surface area contributed by atoms with E-state index in [0.29, 0.717) is 27.7 Å². The Bertz CT molecular complexity index is 1500. The van der Waals surface area contributed by atoms with Crippen LogP contribution in [0.1, 0.15) is 49.7 Å². The molecule has 0 spiro atoms. The summed E-state index contributed by atoms with van der Waals surface area (Å²) in [6.45, 7) is 0.119. The summed E-state index contributed by atoms with van der Waals surface area (Å²) in [6.07, 6.45) is 5.43. The number of hydrogen-bond donors (Lipinski definition) is 1. The average molecular weight is 649 g/mol. The lowest BCUT2D eigenvalue weighted by Gasteiger charge is -2.33. The van der Waals surface area contributed by atoms with Crippen LogP contribution in [0.15, 0.2) is 72.8 Å². The van der Waals surface area contributed by atoms with Gasteiger partial charge in [-0.25, -0.2) is 12.8 Å². The summed E-state index contributed by atoms with van der Waals surface area (Å²) in [6, 6.07) is 19.0. The Morgan fingerprint density at radius 3 is 2.26 bits per heavy atom. The lowest BCUT2D eigenvalue weighted by Crippen LogP contribution is -2.52. The fraction of sp³-hybridized carbons (Fsp3) is 0.375. The van der Waals surface area contributed by atoms with Crippen molar-refractivity contribution in [1.29, 1.82) is 0 Å². The minimum Gasteiger partial charge on any atom is -0.352 e. The lowest BCUT2D eigenvalue weighted by molar-refractivity contribution is -0.141. The van der Waals surface area contributed by atoms with Crippen LogP contribution in [0.5, 0.6) is 0 Å². The number of carbonyl (C=O) groups is 2. The van der Waals surface area contributed by atoms with E-state index in [1.54, 1.807) is 23.1 Å². The fourth-order valence-electron chi connectivity index (χ4n) is 5.37. The first-order valence-electron chi connectivity index (χ1n) is 14.3. The lowest BCUT2D eigenvalue weighted by atomic mass is 10.0. The molecule has 0 saturated heterocycles. The van der Waals surface area contributed by atoms with Crippen LogP contribution in [0.2, 0.25) is 10.0 Å². The smallest absolute Gasteiger partial charge is 0.243 e. The Morgan fingerprint density at radius 1 is 0.953 bits per heavy atom. The minimum atomic E-state index is -3.70. The molecular formula is C32H36Cl2FN3O4S. The molecule has 230 valence electrons. The highest BCUT2D eigenvalue weighted by molar-refractivity contribution is 7.92. The van der Waals surface area contributed by atoms with E-state index >= 15 is 0 Å². The molecule has 1 saturated carbocycles. The van der Waals surface area contributed by atoms with E-state index in [2.05, 4.69) is 5.32 Å². The number of benzene rings is 3. The van der Waals surface area contributed by atoms with Crippen molar-refractivity contribution in [2.24, 2.45) is 0 Å². The molecule has 43 heavy (non-hydrogen) atoms. The maximum Gasteiger partial charge on any atom is 0.243 e. The number of sulfonamides is 1. The molecule has 1 aliphatic rings. The predicted molar refractivity (Wildman–Crippen MR) is 169 cm³/mol. The molecule has 1 unspecified atom stereocenters. The first-order valence-corrected chi connectivity index (χ1v) is 16.9. The summed E-state index contributed by atoms with van der Waals surface area (Å²) in [5.74, 6) is -1.01. The maximum absolute atomic E-state index is 14.0. The van der Waals surface area contributed by atoms with Crippen LogP contribution in [0.3, 0.4) is 0 Å². The first kappa shape index (κ1) is 32.8. The molecule has 0 bridgehead atoms. The van der Waals surface area contributed by atoms with Crippen LogP contribution in [0, 0.1) is 5.82 Å². The molecule has 11 heteroatoms. The van der Waals surface area contributed by atoms with E-state index in [1.165, 1.54) is 24.3 Å². The Kier molecular flexibility index (Phi) is 11.5. The van der Waals surface area contributed by atoms with Crippen LogP contribution in [-0.4, -0.2) is 50.0 Å². The summed E-state index contributed by atoms with van der Waals surface area (Å²) >= 11 is 12.4. The van der Waals surface area contributed by atoms with E-state index in [9.17, 15) is 22.4 Å². The molecule has 2 amide bonds. The quantitative estimate of drug-likeness (QED) is 0.233. The van der Waals surface area contributed by atoms with Crippen molar-refractivity contribution in [1.82, 2.24) is 10.2 Å². The van der Waals surface area contributed by atoms with Gasteiger partial charge in [-0.2, -0.15) is 0 Å². The fourth-order valence-corrected chi connectivity index (χ4v) is 6.65. The van der Waals surface area contributed by atoms with E-state index in [0.717, 1.165) is 41.8 Å². The van der Waals surface area contributed by atoms with Gasteiger partial charge in [-0.3, -0.25) is 13.9 Å². The molecule has 1 fully saturated rings. The van der Waals surface area contributed by atoms with Crippen molar-refractivity contribution < 1.29 is 22.4 Å². The molecule has 4 rings (SSSR count). The normalized spacial score (nSPS) is 14.3. The second-order valence-electron chi connectivity index (χ2n) is 10.9. The number of carbonyl (C=O) groups excluding carboxylic acids is 2. The summed E-state index contributed by atoms with van der Waals surface area (Å²) < 4.78 is 39.7. The van der Waals surface area contributed by atoms with Crippen LogP contribution in [0.25, 0.3) is 0 Å². The molecule has 3 aromatic carbocycles. The average Bonchev–Trinajstić information content (AvgIpc) is 3.48. The Balaban J connectivity index is 1.60. The van der Waals surface area contributed by atoms with Crippen molar-refractivity contribution in [3.63, 3.8) is 0 Å². The number of hydrogen-bond acceptors (Lipinski definition) is 4. The third-order valence-electron chi connectivity index (χ3n) is 7.58. The zero-order valence-corrected chi connectivity index (χ0v) is 26.3. The minimum absolute atomic E-state index is 0.00837. The van der Waals surface area contributed by atoms with Gasteiger partial charge >= 0.3 is 0 Å². The van der Waals surface area contributed by atoms with Crippen molar-refractivity contribution >= 4 is 50.7 Å². The van der Waals surface area contributed by atoms with Gasteiger partial charge in [0.15, 0.2) is 0 Å². The molecule has 7 nitrogen and oxygen atoms in total. The standard InChI is InChI=1S/C32H36Cl2FN3O4S/c1-43(41,42)38(27-16-14-25(35)15-17-27)19-7-12-31(39)37(22-24-13-18-28(33)29(34)20-24)30(21-23-8-3-2-4-9-23)32(40)36-26-10-5-6-11-26/h2-4,8-9,13-18,20,26,30H,5-7,10-12,19,21-22H2,1H3,(H,36,40). The molecule has 0 radical (unpaired) electrons. The van der Waals surface area contributed by atoms with Gasteiger partial charge in [0.05, 0.1) is 22.0 Å². The third kappa shape index (κ3) is 9.42. The van der Waals surface area contributed by atoms with Crippen molar-refractivity contribution in [2.75, 3.05) is 17.1 Å². The van der Waals surface area contributed by atoms with Crippen molar-refractivity contribution in [3.05, 3.63) is 99.8 Å². The molecule has 0 aromatic heterocycles. The highest BCUT2D eigenvalue weighted by atomic mass is 35.5. The van der Waals surface area contributed by atoms with Gasteiger partial charge in [-0.1, -0.05) is 72.4 Å². The summed E-state index contributed by atoms with van der Waals surface area (Å²) in [7, 11) is -3.70. The molecule has 1 N–H and O–H groups in total. The Morgan fingerprint density at radius 2 is 1.63 bits per heavy atom. The topological polar surface area (TPSA) is 86.8 Å². The predicted octanol–water partition coefficient (Wildman–Crippen LogP) is 6.38. The highest BCUT2D eigenvalue weighted by Crippen LogP contribution is 2.26. The molecule has 1 aliphatic carbocycles. The van der Waals surface area contributed by atoms with E-state index < -0.39 is 21.9 Å². The number of anilines is 1. The maximum atomic E-state index is 14.0. The highest BCUT2D eigenvalue weighted by Gasteiger charge is 2.32. The van der Waals surface area contributed by atoms with Gasteiger partial charge in [-0.05, 0) is 66.8 Å². The molecule has 0 heterocycles. The molecular weight excluding hydrogens is 612 g/mol. The monoisotopic (exact) mass is 647 g/mol. The van der Waals surface area contributed by atoms with Gasteiger partial charge < -0.3 is 10.2 Å². The molecule has 1 atom stereocenters. The van der Waals surface area contributed by atoms with Crippen molar-refractivity contribution in [3.8, 4) is 0 Å². The SMILES string of the molecule is CS(=O)(=O)N(CCCC(=O)N(Cc1ccc(Cl)c(Cl)c1)C(Cc1ccccc1)C(=O)NC1CCCC1)c1ccc(F)cc1. The summed E-state index contributed by atoms with van der Waals surface area (Å²) in [5, 5.41) is 3.88. The van der Waals surface area contributed by atoms with Gasteiger partial charge in [0.25, 0.3) is 0 Å². The van der Waals surface area contributed by atoms with Crippen LogP contribution in [-0.2, 0) is 32.6 Å². The zero-order chi connectivity index (χ0) is 31.0. The zero-order valence-electron chi connectivity index (χ0n) is 24.0. The molecule has 3 aromatic rings. The van der Waals surface area contributed by atoms with Crippen molar-refractivity contribution in [2.45, 2.75) is 63.6 Å². The number of halogens is 3. The first-order chi connectivity index (χ1) is 20.5. The van der Waals surface area contributed by atoms with E-state index in [-0.39, 0.29) is 43.8 Å². The second-order valence-corrected chi connectivity index (χ2v) is 13.6. The second kappa shape index (κ2) is 15.0. The Labute approximate surface area is 263 Å². The number of amides is 2. The van der Waals surface area contributed by atoms with Gasteiger partial charge in [0.1, 0.15) is 11.9 Å². The van der Waals surface area contributed by atoms with E-state index in [1.807, 2.05) is 30.3 Å². The molecule has 0 aliphatic heterocycles. The Hall–Kier alpha value is -3.14. The number of rotatable bonds is 13. The van der Waals surface area contributed by atoms with Crippen LogP contribution >= 0.6 is 23.2 Å².